The number of aromatic nitrogens is 4. The van der Waals surface area contributed by atoms with Gasteiger partial charge in [0.1, 0.15) is 5.01 Å². The van der Waals surface area contributed by atoms with Crippen LogP contribution in [0.4, 0.5) is 16.5 Å². The third-order valence-corrected chi connectivity index (χ3v) is 6.49. The summed E-state index contributed by atoms with van der Waals surface area (Å²) >= 11 is 1.37. The van der Waals surface area contributed by atoms with E-state index < -0.39 is 0 Å². The van der Waals surface area contributed by atoms with Crippen LogP contribution in [0.3, 0.4) is 0 Å². The van der Waals surface area contributed by atoms with E-state index in [2.05, 4.69) is 31.0 Å². The summed E-state index contributed by atoms with van der Waals surface area (Å²) in [6.45, 7) is 5.54. The van der Waals surface area contributed by atoms with Crippen LogP contribution in [0.2, 0.25) is 0 Å². The summed E-state index contributed by atoms with van der Waals surface area (Å²) in [5, 5.41) is 24.1. The third-order valence-electron chi connectivity index (χ3n) is 5.61. The van der Waals surface area contributed by atoms with Crippen molar-refractivity contribution < 1.29 is 14.3 Å². The summed E-state index contributed by atoms with van der Waals surface area (Å²) < 4.78 is 5.35. The Morgan fingerprint density at radius 3 is 2.76 bits per heavy atom. The maximum atomic E-state index is 13.1. The quantitative estimate of drug-likeness (QED) is 0.401. The van der Waals surface area contributed by atoms with Crippen molar-refractivity contribution in [3.05, 3.63) is 47.7 Å². The molecule has 0 aliphatic carbocycles. The van der Waals surface area contributed by atoms with Crippen molar-refractivity contribution in [3.63, 3.8) is 0 Å². The highest BCUT2D eigenvalue weighted by molar-refractivity contribution is 7.18. The minimum Gasteiger partial charge on any atom is -0.378 e. The number of anilines is 3. The predicted molar refractivity (Wildman–Crippen MR) is 130 cm³/mol. The summed E-state index contributed by atoms with van der Waals surface area (Å²) in [5.74, 6) is -0.324. The number of benzene rings is 2. The Labute approximate surface area is 199 Å². The van der Waals surface area contributed by atoms with Crippen LogP contribution in [0.25, 0.3) is 21.5 Å². The van der Waals surface area contributed by atoms with Crippen LogP contribution in [-0.4, -0.2) is 63.4 Å². The number of rotatable bonds is 5. The number of hydrogen-bond donors (Lipinski definition) is 3. The average Bonchev–Trinajstić information content (AvgIpc) is 3.50. The molecule has 34 heavy (non-hydrogen) atoms. The van der Waals surface area contributed by atoms with Gasteiger partial charge in [0, 0.05) is 47.9 Å². The fourth-order valence-corrected chi connectivity index (χ4v) is 4.64. The number of fused-ring (bicyclic) bond motifs is 1. The van der Waals surface area contributed by atoms with E-state index in [4.69, 9.17) is 4.74 Å². The van der Waals surface area contributed by atoms with Crippen molar-refractivity contribution in [1.29, 1.82) is 0 Å². The first-order valence-corrected chi connectivity index (χ1v) is 11.6. The van der Waals surface area contributed by atoms with E-state index in [-0.39, 0.29) is 11.8 Å². The first kappa shape index (κ1) is 22.0. The number of amides is 2. The molecule has 1 saturated heterocycles. The van der Waals surface area contributed by atoms with Crippen molar-refractivity contribution in [2.75, 3.05) is 36.9 Å². The molecule has 5 rings (SSSR count). The Morgan fingerprint density at radius 1 is 1.15 bits per heavy atom. The van der Waals surface area contributed by atoms with Crippen LogP contribution in [0.5, 0.6) is 0 Å². The monoisotopic (exact) mass is 477 g/mol. The molecule has 10 nitrogen and oxygen atoms in total. The summed E-state index contributed by atoms with van der Waals surface area (Å²) in [4.78, 5) is 26.5. The number of aromatic amines is 1. The van der Waals surface area contributed by atoms with Gasteiger partial charge < -0.3 is 20.3 Å². The van der Waals surface area contributed by atoms with Gasteiger partial charge in [-0.3, -0.25) is 14.7 Å². The fourth-order valence-electron chi connectivity index (χ4n) is 3.90. The lowest BCUT2D eigenvalue weighted by molar-refractivity contribution is -0.114. The van der Waals surface area contributed by atoms with E-state index in [1.807, 2.05) is 19.1 Å². The maximum Gasteiger partial charge on any atom is 0.254 e. The largest absolute Gasteiger partial charge is 0.378 e. The molecule has 0 spiro atoms. The van der Waals surface area contributed by atoms with Gasteiger partial charge in [0.05, 0.1) is 24.9 Å². The number of H-pyrrole nitrogens is 1. The van der Waals surface area contributed by atoms with Crippen molar-refractivity contribution in [2.45, 2.75) is 13.8 Å². The molecule has 11 heteroatoms. The van der Waals surface area contributed by atoms with E-state index in [9.17, 15) is 9.59 Å². The third kappa shape index (κ3) is 4.47. The standard InChI is InChI=1S/C23H23N7O3S/c1-13-18-12-24-27-20(18)4-3-19(13)26-23-29-28-21(34-23)15-9-16(11-17(10-15)25-14(2)31)22(32)30-5-7-33-8-6-30/h3-4,9-12H,5-8H2,1-2H3,(H,24,27)(H,25,31)(H,26,29). The summed E-state index contributed by atoms with van der Waals surface area (Å²) in [7, 11) is 0. The highest BCUT2D eigenvalue weighted by atomic mass is 32.1. The van der Waals surface area contributed by atoms with Gasteiger partial charge in [-0.05, 0) is 42.8 Å². The van der Waals surface area contributed by atoms with Crippen molar-refractivity contribution in [2.24, 2.45) is 0 Å². The molecule has 0 saturated carbocycles. The summed E-state index contributed by atoms with van der Waals surface area (Å²) in [6.07, 6.45) is 1.79. The van der Waals surface area contributed by atoms with E-state index in [1.165, 1.54) is 18.3 Å². The number of nitrogens with zero attached hydrogens (tertiary/aromatic N) is 4. The van der Waals surface area contributed by atoms with Crippen LogP contribution in [0.1, 0.15) is 22.8 Å². The van der Waals surface area contributed by atoms with Crippen LogP contribution in [0.15, 0.2) is 36.5 Å². The molecule has 3 heterocycles. The molecule has 2 aromatic carbocycles. The predicted octanol–water partition coefficient (Wildman–Crippen LogP) is 3.56. The van der Waals surface area contributed by atoms with Gasteiger partial charge in [-0.15, -0.1) is 10.2 Å². The first-order valence-electron chi connectivity index (χ1n) is 10.8. The second-order valence-electron chi connectivity index (χ2n) is 7.99. The van der Waals surface area contributed by atoms with Gasteiger partial charge in [-0.1, -0.05) is 11.3 Å². The lowest BCUT2D eigenvalue weighted by Crippen LogP contribution is -2.40. The lowest BCUT2D eigenvalue weighted by Gasteiger charge is -2.27. The minimum absolute atomic E-state index is 0.108. The van der Waals surface area contributed by atoms with Crippen LogP contribution < -0.4 is 10.6 Å². The molecule has 3 N–H and O–H groups in total. The molecule has 174 valence electrons. The molecule has 2 aromatic heterocycles. The number of ether oxygens (including phenoxy) is 1. The van der Waals surface area contributed by atoms with Gasteiger partial charge in [0.2, 0.25) is 11.0 Å². The van der Waals surface area contributed by atoms with Crippen molar-refractivity contribution in [3.8, 4) is 10.6 Å². The molecule has 0 bridgehead atoms. The maximum absolute atomic E-state index is 13.1. The Hall–Kier alpha value is -3.83. The molecule has 0 unspecified atom stereocenters. The summed E-state index contributed by atoms with van der Waals surface area (Å²) in [5.41, 5.74) is 4.64. The zero-order chi connectivity index (χ0) is 23.7. The van der Waals surface area contributed by atoms with Crippen molar-refractivity contribution in [1.82, 2.24) is 25.3 Å². The minimum atomic E-state index is -0.216. The normalized spacial score (nSPS) is 13.8. The van der Waals surface area contributed by atoms with Gasteiger partial charge in [-0.25, -0.2) is 0 Å². The van der Waals surface area contributed by atoms with Crippen LogP contribution in [-0.2, 0) is 9.53 Å². The number of aryl methyl sites for hydroxylation is 1. The molecular formula is C23H23N7O3S. The van der Waals surface area contributed by atoms with E-state index in [0.29, 0.717) is 53.3 Å². The average molecular weight is 478 g/mol. The van der Waals surface area contributed by atoms with Gasteiger partial charge in [-0.2, -0.15) is 5.10 Å². The van der Waals surface area contributed by atoms with Crippen LogP contribution in [0, 0.1) is 6.92 Å². The smallest absolute Gasteiger partial charge is 0.254 e. The Morgan fingerprint density at radius 2 is 1.97 bits per heavy atom. The Bertz CT molecular complexity index is 1370. The second kappa shape index (κ2) is 9.20. The van der Waals surface area contributed by atoms with Gasteiger partial charge >= 0.3 is 0 Å². The first-order chi connectivity index (χ1) is 16.5. The number of nitrogens with one attached hydrogen (secondary N) is 3. The SMILES string of the molecule is CC(=O)Nc1cc(C(=O)N2CCOCC2)cc(-c2nnc(Nc3ccc4[nH]ncc4c3C)s2)c1. The molecule has 0 radical (unpaired) electrons. The zero-order valence-electron chi connectivity index (χ0n) is 18.7. The van der Waals surface area contributed by atoms with Gasteiger partial charge in [0.25, 0.3) is 5.91 Å². The molecular weight excluding hydrogens is 454 g/mol. The van der Waals surface area contributed by atoms with E-state index in [0.717, 1.165) is 22.2 Å². The highest BCUT2D eigenvalue weighted by Gasteiger charge is 2.21. The topological polar surface area (TPSA) is 125 Å². The second-order valence-corrected chi connectivity index (χ2v) is 8.97. The zero-order valence-corrected chi connectivity index (χ0v) is 19.5. The fraction of sp³-hybridized carbons (Fsp3) is 0.261. The van der Waals surface area contributed by atoms with Gasteiger partial charge in [0.15, 0.2) is 0 Å². The summed E-state index contributed by atoms with van der Waals surface area (Å²) in [6, 6.07) is 9.20. The molecule has 0 atom stereocenters. The highest BCUT2D eigenvalue weighted by Crippen LogP contribution is 2.33. The number of morpholine rings is 1. The Kier molecular flexibility index (Phi) is 5.95. The molecule has 1 fully saturated rings. The molecule has 1 aliphatic rings. The van der Waals surface area contributed by atoms with E-state index in [1.54, 1.807) is 29.3 Å². The van der Waals surface area contributed by atoms with Crippen molar-refractivity contribution >= 4 is 50.6 Å². The number of hydrogen-bond acceptors (Lipinski definition) is 8. The molecule has 1 aliphatic heterocycles. The Balaban J connectivity index is 1.44. The lowest BCUT2D eigenvalue weighted by atomic mass is 10.1. The molecule has 2 amide bonds. The van der Waals surface area contributed by atoms with E-state index >= 15 is 0 Å². The molecule has 4 aromatic rings. The number of carbonyl (C=O) groups excluding carboxylic acids is 2. The van der Waals surface area contributed by atoms with Crippen LogP contribution >= 0.6 is 11.3 Å². The number of carbonyl (C=O) groups is 2.